The lowest BCUT2D eigenvalue weighted by atomic mass is 10.0. The van der Waals surface area contributed by atoms with E-state index in [1.54, 1.807) is 16.0 Å². The van der Waals surface area contributed by atoms with Crippen LogP contribution in [0.3, 0.4) is 0 Å². The van der Waals surface area contributed by atoms with Gasteiger partial charge in [0.25, 0.3) is 0 Å². The lowest BCUT2D eigenvalue weighted by molar-refractivity contribution is 0.232. The molecule has 0 amide bonds. The minimum Gasteiger partial charge on any atom is -0.396 e. The minimum absolute atomic E-state index is 0.141. The highest BCUT2D eigenvalue weighted by Crippen LogP contribution is 2.24. The molecule has 122 valence electrons. The zero-order valence-corrected chi connectivity index (χ0v) is 14.4. The van der Waals surface area contributed by atoms with E-state index in [0.717, 1.165) is 29.0 Å². The van der Waals surface area contributed by atoms with Crippen molar-refractivity contribution in [1.29, 1.82) is 0 Å². The predicted octanol–water partition coefficient (Wildman–Crippen LogP) is 2.30. The predicted molar refractivity (Wildman–Crippen MR) is 92.9 cm³/mol. The monoisotopic (exact) mass is 331 g/mol. The largest absolute Gasteiger partial charge is 0.396 e. The molecule has 0 aliphatic rings. The number of aryl methyl sites for hydroxylation is 3. The molecule has 0 saturated carbocycles. The lowest BCUT2D eigenvalue weighted by Gasteiger charge is -2.15. The molecule has 0 spiro atoms. The van der Waals surface area contributed by atoms with Crippen molar-refractivity contribution in [3.8, 4) is 0 Å². The van der Waals surface area contributed by atoms with Crippen molar-refractivity contribution in [3.63, 3.8) is 0 Å². The van der Waals surface area contributed by atoms with Gasteiger partial charge < -0.3 is 10.4 Å². The fourth-order valence-corrected chi connectivity index (χ4v) is 3.44. The van der Waals surface area contributed by atoms with E-state index in [1.807, 2.05) is 20.9 Å². The van der Waals surface area contributed by atoms with Crippen molar-refractivity contribution in [2.75, 3.05) is 18.5 Å². The number of fused-ring (bicyclic) bond motifs is 1. The van der Waals surface area contributed by atoms with Crippen molar-refractivity contribution in [2.24, 2.45) is 13.0 Å². The van der Waals surface area contributed by atoms with Gasteiger partial charge in [-0.2, -0.15) is 16.4 Å². The molecule has 3 heterocycles. The van der Waals surface area contributed by atoms with E-state index in [1.165, 1.54) is 5.56 Å². The number of rotatable bonds is 6. The van der Waals surface area contributed by atoms with Crippen LogP contribution in [0.5, 0.6) is 0 Å². The fraction of sp³-hybridized carbons (Fsp3) is 0.438. The molecule has 6 nitrogen and oxygen atoms in total. The van der Waals surface area contributed by atoms with Gasteiger partial charge in [0.15, 0.2) is 5.65 Å². The molecule has 3 aromatic rings. The number of aliphatic hydroxyl groups excluding tert-OH is 1. The second kappa shape index (κ2) is 6.64. The third kappa shape index (κ3) is 3.35. The van der Waals surface area contributed by atoms with Crippen LogP contribution < -0.4 is 5.32 Å². The van der Waals surface area contributed by atoms with Crippen LogP contribution in [0.2, 0.25) is 0 Å². The van der Waals surface area contributed by atoms with Crippen molar-refractivity contribution in [3.05, 3.63) is 33.9 Å². The summed E-state index contributed by atoms with van der Waals surface area (Å²) >= 11 is 1.68. The van der Waals surface area contributed by atoms with Gasteiger partial charge in [0, 0.05) is 26.1 Å². The van der Waals surface area contributed by atoms with Crippen LogP contribution in [-0.4, -0.2) is 38.0 Å². The molecule has 2 N–H and O–H groups in total. The van der Waals surface area contributed by atoms with Gasteiger partial charge in [-0.25, -0.2) is 9.97 Å². The quantitative estimate of drug-likeness (QED) is 0.725. The highest BCUT2D eigenvalue weighted by molar-refractivity contribution is 7.07. The summed E-state index contributed by atoms with van der Waals surface area (Å²) in [6, 6.07) is 2.10. The van der Waals surface area contributed by atoms with Crippen molar-refractivity contribution < 1.29 is 5.11 Å². The molecule has 0 fully saturated rings. The van der Waals surface area contributed by atoms with Gasteiger partial charge in [-0.05, 0) is 42.7 Å². The van der Waals surface area contributed by atoms with Crippen LogP contribution in [-0.2, 0) is 13.5 Å². The molecule has 3 rings (SSSR count). The number of aromatic nitrogens is 4. The second-order valence-electron chi connectivity index (χ2n) is 5.79. The number of nitrogens with zero attached hydrogens (tertiary/aromatic N) is 4. The third-order valence-corrected chi connectivity index (χ3v) is 4.62. The van der Waals surface area contributed by atoms with E-state index in [2.05, 4.69) is 37.2 Å². The Hall–Kier alpha value is -1.99. The number of nitrogens with one attached hydrogen (secondary N) is 1. The number of thiophene rings is 1. The normalized spacial score (nSPS) is 12.7. The first-order valence-electron chi connectivity index (χ1n) is 7.62. The average molecular weight is 331 g/mol. The van der Waals surface area contributed by atoms with E-state index < -0.39 is 0 Å². The standard InChI is InChI=1S/C16H21N5OS/c1-10-14-15(18-11(2)19-16(14)21(3)20-10)17-7-13(8-22)6-12-4-5-23-9-12/h4-5,9,13,22H,6-8H2,1-3H3,(H,17,18,19). The molecule has 23 heavy (non-hydrogen) atoms. The number of aliphatic hydroxyl groups is 1. The Balaban J connectivity index is 1.80. The Kier molecular flexibility index (Phi) is 4.58. The Morgan fingerprint density at radius 2 is 2.17 bits per heavy atom. The van der Waals surface area contributed by atoms with E-state index in [-0.39, 0.29) is 12.5 Å². The van der Waals surface area contributed by atoms with Crippen molar-refractivity contribution in [2.45, 2.75) is 20.3 Å². The maximum Gasteiger partial charge on any atom is 0.163 e. The van der Waals surface area contributed by atoms with Crippen LogP contribution in [0.1, 0.15) is 17.1 Å². The minimum atomic E-state index is 0.141. The molecule has 0 aliphatic carbocycles. The zero-order chi connectivity index (χ0) is 16.4. The third-order valence-electron chi connectivity index (χ3n) is 3.89. The van der Waals surface area contributed by atoms with Crippen LogP contribution >= 0.6 is 11.3 Å². The van der Waals surface area contributed by atoms with Crippen molar-refractivity contribution in [1.82, 2.24) is 19.7 Å². The second-order valence-corrected chi connectivity index (χ2v) is 6.57. The maximum absolute atomic E-state index is 9.64. The van der Waals surface area contributed by atoms with E-state index in [9.17, 15) is 5.11 Å². The van der Waals surface area contributed by atoms with Gasteiger partial charge in [0.05, 0.1) is 11.1 Å². The smallest absolute Gasteiger partial charge is 0.163 e. The summed E-state index contributed by atoms with van der Waals surface area (Å²) in [6.07, 6.45) is 0.853. The zero-order valence-electron chi connectivity index (χ0n) is 13.6. The molecule has 3 aromatic heterocycles. The molecule has 0 saturated heterocycles. The molecule has 7 heteroatoms. The Bertz CT molecular complexity index is 797. The van der Waals surface area contributed by atoms with Gasteiger partial charge in [0.2, 0.25) is 0 Å². The molecular weight excluding hydrogens is 310 g/mol. The molecule has 0 radical (unpaired) electrons. The summed E-state index contributed by atoms with van der Waals surface area (Å²) in [5.74, 6) is 1.65. The SMILES string of the molecule is Cc1nc(NCC(CO)Cc2ccsc2)c2c(C)nn(C)c2n1. The van der Waals surface area contributed by atoms with Crippen molar-refractivity contribution >= 4 is 28.2 Å². The topological polar surface area (TPSA) is 75.9 Å². The molecule has 0 aliphatic heterocycles. The van der Waals surface area contributed by atoms with Crippen LogP contribution in [0, 0.1) is 19.8 Å². The first kappa shape index (κ1) is 15.9. The van der Waals surface area contributed by atoms with Gasteiger partial charge in [-0.1, -0.05) is 0 Å². The summed E-state index contributed by atoms with van der Waals surface area (Å²) in [6.45, 7) is 4.64. The van der Waals surface area contributed by atoms with Crippen LogP contribution in [0.4, 0.5) is 5.82 Å². The first-order chi connectivity index (χ1) is 11.1. The summed E-state index contributed by atoms with van der Waals surface area (Å²) < 4.78 is 1.78. The fourth-order valence-electron chi connectivity index (χ4n) is 2.76. The highest BCUT2D eigenvalue weighted by Gasteiger charge is 2.15. The molecule has 0 bridgehead atoms. The average Bonchev–Trinajstić information content (AvgIpc) is 3.12. The maximum atomic E-state index is 9.64. The summed E-state index contributed by atoms with van der Waals surface area (Å²) in [7, 11) is 1.89. The Morgan fingerprint density at radius 3 is 2.87 bits per heavy atom. The Labute approximate surface area is 139 Å². The van der Waals surface area contributed by atoms with E-state index in [4.69, 9.17) is 0 Å². The van der Waals surface area contributed by atoms with Gasteiger partial charge in [-0.3, -0.25) is 4.68 Å². The first-order valence-corrected chi connectivity index (χ1v) is 8.56. The number of hydrogen-bond donors (Lipinski definition) is 2. The number of hydrogen-bond acceptors (Lipinski definition) is 6. The lowest BCUT2D eigenvalue weighted by Crippen LogP contribution is -2.21. The molecular formula is C16H21N5OS. The van der Waals surface area contributed by atoms with Gasteiger partial charge >= 0.3 is 0 Å². The van der Waals surface area contributed by atoms with Crippen LogP contribution in [0.25, 0.3) is 11.0 Å². The van der Waals surface area contributed by atoms with E-state index >= 15 is 0 Å². The molecule has 1 unspecified atom stereocenters. The summed E-state index contributed by atoms with van der Waals surface area (Å²) in [5, 5.41) is 22.6. The van der Waals surface area contributed by atoms with Gasteiger partial charge in [0.1, 0.15) is 11.6 Å². The van der Waals surface area contributed by atoms with Crippen LogP contribution in [0.15, 0.2) is 16.8 Å². The Morgan fingerprint density at radius 1 is 1.35 bits per heavy atom. The summed E-state index contributed by atoms with van der Waals surface area (Å²) in [4.78, 5) is 8.99. The summed E-state index contributed by atoms with van der Waals surface area (Å²) in [5.41, 5.74) is 3.00. The number of anilines is 1. The van der Waals surface area contributed by atoms with Gasteiger partial charge in [-0.15, -0.1) is 0 Å². The molecule has 0 aromatic carbocycles. The van der Waals surface area contributed by atoms with E-state index in [0.29, 0.717) is 12.4 Å². The highest BCUT2D eigenvalue weighted by atomic mass is 32.1. The molecule has 1 atom stereocenters.